The first-order chi connectivity index (χ1) is 22.6. The average Bonchev–Trinajstić information content (AvgIpc) is 3.69. The number of anilines is 1. The van der Waals surface area contributed by atoms with Crippen LogP contribution in [0.4, 0.5) is 5.69 Å². The van der Waals surface area contributed by atoms with Crippen molar-refractivity contribution in [1.29, 1.82) is 0 Å². The van der Waals surface area contributed by atoms with E-state index in [-0.39, 0.29) is 5.75 Å². The van der Waals surface area contributed by atoms with Crippen molar-refractivity contribution in [3.63, 3.8) is 0 Å². The van der Waals surface area contributed by atoms with Gasteiger partial charge in [0.25, 0.3) is 0 Å². The van der Waals surface area contributed by atoms with Gasteiger partial charge in [-0.1, -0.05) is 41.5 Å². The molecule has 260 valence electrons. The molecule has 1 aromatic carbocycles. The predicted octanol–water partition coefficient (Wildman–Crippen LogP) is 4.12. The minimum atomic E-state index is -4.20. The summed E-state index contributed by atoms with van der Waals surface area (Å²) in [6.07, 6.45) is 14.5. The third kappa shape index (κ3) is 10.8. The fraction of sp³-hybridized carbons (Fsp3) is 0.706. The first-order valence-electron chi connectivity index (χ1n) is 17.9. The maximum atomic E-state index is 11.2. The highest BCUT2D eigenvalue weighted by Gasteiger charge is 2.32. The summed E-state index contributed by atoms with van der Waals surface area (Å²) in [5, 5.41) is 18.1. The van der Waals surface area contributed by atoms with Gasteiger partial charge >= 0.3 is 0 Å². The van der Waals surface area contributed by atoms with Gasteiger partial charge in [0.2, 0.25) is 0 Å². The Hall–Kier alpha value is -2.87. The van der Waals surface area contributed by atoms with Crippen molar-refractivity contribution in [2.75, 3.05) is 63.0 Å². The van der Waals surface area contributed by atoms with Gasteiger partial charge < -0.3 is 18.4 Å². The van der Waals surface area contributed by atoms with Crippen LogP contribution in [-0.4, -0.2) is 110 Å². The quantitative estimate of drug-likeness (QED) is 0.146. The molecule has 13 heteroatoms. The Morgan fingerprint density at radius 2 is 1.26 bits per heavy atom. The van der Waals surface area contributed by atoms with Crippen molar-refractivity contribution in [2.24, 2.45) is 0 Å². The van der Waals surface area contributed by atoms with Gasteiger partial charge in [0.1, 0.15) is 24.5 Å². The first kappa shape index (κ1) is 35.4. The number of likely N-dealkylation sites (tertiary alicyclic amines) is 2. The van der Waals surface area contributed by atoms with Crippen LogP contribution in [-0.2, 0) is 36.3 Å². The van der Waals surface area contributed by atoms with Crippen LogP contribution >= 0.6 is 0 Å². The smallest absolute Gasteiger partial charge is 0.137 e. The molecular weight excluding hydrogens is 615 g/mol. The second-order valence-electron chi connectivity index (χ2n) is 14.2. The SMILES string of the molecule is CCCC[N+]1(Cc2cn(CCN(CCn3cc(C[N+]4(CCCS(=O)(=O)[O-])CCCCC4)nn3)c3ccc(C)cc3)nn2)CCCCC1. The summed E-state index contributed by atoms with van der Waals surface area (Å²) >= 11 is 0. The third-order valence-electron chi connectivity index (χ3n) is 10.3. The zero-order valence-electron chi connectivity index (χ0n) is 28.7. The molecule has 3 aromatic rings. The van der Waals surface area contributed by atoms with Crippen molar-refractivity contribution in [1.82, 2.24) is 30.0 Å². The van der Waals surface area contributed by atoms with Crippen molar-refractivity contribution >= 4 is 15.8 Å². The molecule has 4 heterocycles. The van der Waals surface area contributed by atoms with E-state index in [0.717, 1.165) is 72.5 Å². The van der Waals surface area contributed by atoms with Gasteiger partial charge in [-0.3, -0.25) is 9.36 Å². The van der Waals surface area contributed by atoms with Crippen molar-refractivity contribution in [3.05, 3.63) is 53.6 Å². The zero-order valence-corrected chi connectivity index (χ0v) is 29.5. The molecule has 12 nitrogen and oxygen atoms in total. The van der Waals surface area contributed by atoms with Crippen LogP contribution in [0.1, 0.15) is 81.7 Å². The number of aromatic nitrogens is 6. The minimum Gasteiger partial charge on any atom is -0.748 e. The molecule has 0 radical (unpaired) electrons. The summed E-state index contributed by atoms with van der Waals surface area (Å²) in [4.78, 5) is 2.38. The fourth-order valence-corrected chi connectivity index (χ4v) is 8.14. The molecule has 2 saturated heterocycles. The maximum Gasteiger partial charge on any atom is 0.137 e. The van der Waals surface area contributed by atoms with E-state index in [1.807, 2.05) is 15.6 Å². The Bertz CT molecular complexity index is 1480. The van der Waals surface area contributed by atoms with Crippen LogP contribution in [0.25, 0.3) is 0 Å². The van der Waals surface area contributed by atoms with Crippen LogP contribution in [0.15, 0.2) is 36.7 Å². The van der Waals surface area contributed by atoms with Crippen LogP contribution in [0.2, 0.25) is 0 Å². The van der Waals surface area contributed by atoms with Gasteiger partial charge in [-0.15, -0.1) is 10.2 Å². The van der Waals surface area contributed by atoms with Crippen LogP contribution < -0.4 is 4.90 Å². The number of aryl methyl sites for hydroxylation is 1. The summed E-state index contributed by atoms with van der Waals surface area (Å²) < 4.78 is 39.5. The predicted molar refractivity (Wildman–Crippen MR) is 182 cm³/mol. The number of piperidine rings is 2. The highest BCUT2D eigenvalue weighted by molar-refractivity contribution is 7.85. The number of rotatable bonds is 18. The Balaban J connectivity index is 1.20. The number of hydrogen-bond donors (Lipinski definition) is 0. The summed E-state index contributed by atoms with van der Waals surface area (Å²) in [6, 6.07) is 8.67. The van der Waals surface area contributed by atoms with Crippen molar-refractivity contribution in [3.8, 4) is 0 Å². The van der Waals surface area contributed by atoms with Gasteiger partial charge in [-0.25, -0.2) is 8.42 Å². The number of unbranched alkanes of at least 4 members (excludes halogenated alkanes) is 1. The standard InChI is InChI=1S/C34H56N9O3S/c1-3-4-20-42(21-7-5-8-22-42)29-32-27-40(37-35-32)18-16-39(34-14-12-31(2)13-15-34)17-19-41-28-33(36-38-41)30-43(23-9-6-10-24-43)25-11-26-47(44,45)46/h12-15,27-28H,3-11,16-26,29-30H2,1-2H3/q+1. The van der Waals surface area contributed by atoms with Gasteiger partial charge in [-0.2, -0.15) is 0 Å². The van der Waals surface area contributed by atoms with E-state index in [0.29, 0.717) is 26.1 Å². The molecule has 2 aliphatic rings. The molecular formula is C34H56N9O3S+. The summed E-state index contributed by atoms with van der Waals surface area (Å²) in [5.41, 5.74) is 4.42. The minimum absolute atomic E-state index is 0.302. The highest BCUT2D eigenvalue weighted by atomic mass is 32.2. The lowest BCUT2D eigenvalue weighted by Gasteiger charge is -2.41. The van der Waals surface area contributed by atoms with Gasteiger partial charge in [-0.05, 0) is 64.0 Å². The number of nitrogens with zero attached hydrogens (tertiary/aromatic N) is 9. The molecule has 0 amide bonds. The molecule has 5 rings (SSSR count). The third-order valence-corrected chi connectivity index (χ3v) is 11.1. The summed E-state index contributed by atoms with van der Waals surface area (Å²) in [6.45, 7) is 15.5. The molecule has 2 aromatic heterocycles. The monoisotopic (exact) mass is 670 g/mol. The van der Waals surface area contributed by atoms with Gasteiger partial charge in [0, 0.05) is 31.0 Å². The molecule has 0 atom stereocenters. The Morgan fingerprint density at radius 1 is 0.766 bits per heavy atom. The number of quaternary nitrogens is 2. The molecule has 0 unspecified atom stereocenters. The molecule has 47 heavy (non-hydrogen) atoms. The Labute approximate surface area is 281 Å². The van der Waals surface area contributed by atoms with E-state index in [2.05, 4.69) is 69.8 Å². The Kier molecular flexibility index (Phi) is 12.4. The van der Waals surface area contributed by atoms with E-state index in [1.165, 1.54) is 69.4 Å². The van der Waals surface area contributed by atoms with E-state index >= 15 is 0 Å². The van der Waals surface area contributed by atoms with E-state index in [1.54, 1.807) is 0 Å². The highest BCUT2D eigenvalue weighted by Crippen LogP contribution is 2.25. The summed E-state index contributed by atoms with van der Waals surface area (Å²) in [7, 11) is -4.20. The molecule has 2 aliphatic heterocycles. The molecule has 0 N–H and O–H groups in total. The largest absolute Gasteiger partial charge is 0.748 e. The molecule has 2 fully saturated rings. The topological polar surface area (TPSA) is 122 Å². The van der Waals surface area contributed by atoms with E-state index < -0.39 is 10.1 Å². The van der Waals surface area contributed by atoms with Crippen molar-refractivity contribution < 1.29 is 21.9 Å². The van der Waals surface area contributed by atoms with E-state index in [4.69, 9.17) is 0 Å². The van der Waals surface area contributed by atoms with Crippen LogP contribution in [0, 0.1) is 6.92 Å². The second-order valence-corrected chi connectivity index (χ2v) is 15.7. The molecule has 0 spiro atoms. The zero-order chi connectivity index (χ0) is 33.2. The van der Waals surface area contributed by atoms with Crippen LogP contribution in [0.3, 0.4) is 0 Å². The maximum absolute atomic E-state index is 11.2. The van der Waals surface area contributed by atoms with Gasteiger partial charge in [0.15, 0.2) is 0 Å². The average molecular weight is 671 g/mol. The second kappa shape index (κ2) is 16.5. The van der Waals surface area contributed by atoms with E-state index in [9.17, 15) is 13.0 Å². The fourth-order valence-electron chi connectivity index (χ4n) is 7.66. The van der Waals surface area contributed by atoms with Gasteiger partial charge in [0.05, 0.1) is 74.9 Å². The normalized spacial score (nSPS) is 17.9. The Morgan fingerprint density at radius 3 is 1.72 bits per heavy atom. The lowest BCUT2D eigenvalue weighted by Crippen LogP contribution is -2.51. The lowest BCUT2D eigenvalue weighted by atomic mass is 10.1. The summed E-state index contributed by atoms with van der Waals surface area (Å²) in [5.74, 6) is -0.302. The van der Waals surface area contributed by atoms with Crippen LogP contribution in [0.5, 0.6) is 0 Å². The number of benzene rings is 1. The molecule has 0 saturated carbocycles. The van der Waals surface area contributed by atoms with Crippen molar-refractivity contribution in [2.45, 2.75) is 97.8 Å². The molecule has 0 bridgehead atoms. The molecule has 0 aliphatic carbocycles. The lowest BCUT2D eigenvalue weighted by molar-refractivity contribution is -0.945. The first-order valence-corrected chi connectivity index (χ1v) is 19.5. The number of hydrogen-bond acceptors (Lipinski definition) is 8.